The first kappa shape index (κ1) is 65.1. The van der Waals surface area contributed by atoms with E-state index in [4.69, 9.17) is 66.3 Å². The molecule has 0 aromatic rings. The Labute approximate surface area is 446 Å². The van der Waals surface area contributed by atoms with E-state index in [0.717, 1.165) is 7.11 Å². The lowest BCUT2D eigenvalue weighted by Gasteiger charge is -2.50. The summed E-state index contributed by atoms with van der Waals surface area (Å²) in [5.41, 5.74) is 0. The van der Waals surface area contributed by atoms with Crippen LogP contribution in [-0.2, 0) is 66.3 Å². The number of rotatable bonds is 20. The molecule has 0 spiro atoms. The standard InChI is InChI=1S/C43H74O36/c1-66-37-29(62)33(19(52)12(5-47)69-37)77-42-32(65)36(22(55)15(74-42)8-68-39-27(60)24(57)17(50)10(3-45)71-39)79-41-30(63)34(20(53)13(6-48)73-41)78-43-31(64)35(76-40-28(61)25(58)18(51)11(4-46)72-40)21(54)14(75-43)7-67-38-26(59)23(56)16(49)9(2-44)70-38/h9-65H,2-8H2,1H3/t9?,10?,11?,12?,13?,14?,15?,16-,17-,18-,19-,20-,21-,22-,23+,24+,25+,26?,27?,28?,29?,30?,31?,32?,33+,34+,35+,36+,37-,38-,39-,40+,41+,42-,43-/m1/s1. The normalized spacial score (nSPS) is 53.0. The third-order valence-corrected chi connectivity index (χ3v) is 14.7. The van der Waals surface area contributed by atoms with Gasteiger partial charge in [-0.15, -0.1) is 0 Å². The van der Waals surface area contributed by atoms with Crippen LogP contribution in [-0.4, -0.2) is 381 Å². The zero-order valence-electron chi connectivity index (χ0n) is 41.7. The van der Waals surface area contributed by atoms with E-state index >= 15 is 0 Å². The molecule has 0 aromatic heterocycles. The van der Waals surface area contributed by atoms with Crippen LogP contribution in [0.2, 0.25) is 0 Å². The molecular formula is C43H74O36. The highest BCUT2D eigenvalue weighted by molar-refractivity contribution is 5.00. The van der Waals surface area contributed by atoms with E-state index in [0.29, 0.717) is 0 Å². The highest BCUT2D eigenvalue weighted by atomic mass is 16.8. The van der Waals surface area contributed by atoms with Crippen LogP contribution in [0.15, 0.2) is 0 Å². The summed E-state index contributed by atoms with van der Waals surface area (Å²) in [7, 11) is 1.10. The Bertz CT molecular complexity index is 1810. The lowest BCUT2D eigenvalue weighted by molar-refractivity contribution is -0.398. The van der Waals surface area contributed by atoms with E-state index in [9.17, 15) is 112 Å². The minimum absolute atomic E-state index is 0.855. The molecule has 36 heteroatoms. The van der Waals surface area contributed by atoms with Crippen molar-refractivity contribution in [3.63, 3.8) is 0 Å². The Morgan fingerprint density at radius 2 is 0.456 bits per heavy atom. The van der Waals surface area contributed by atoms with Crippen LogP contribution < -0.4 is 0 Å². The molecule has 0 aromatic carbocycles. The molecule has 0 radical (unpaired) electrons. The van der Waals surface area contributed by atoms with Crippen LogP contribution in [0, 0.1) is 0 Å². The van der Waals surface area contributed by atoms with Gasteiger partial charge in [0.1, 0.15) is 171 Å². The first-order chi connectivity index (χ1) is 37.5. The molecule has 7 heterocycles. The summed E-state index contributed by atoms with van der Waals surface area (Å²) < 4.78 is 78.4. The lowest BCUT2D eigenvalue weighted by Crippen LogP contribution is -2.68. The fraction of sp³-hybridized carbons (Fsp3) is 1.00. The Balaban J connectivity index is 1.15. The fourth-order valence-corrected chi connectivity index (χ4v) is 9.95. The molecule has 7 fully saturated rings. The van der Waals surface area contributed by atoms with E-state index in [1.165, 1.54) is 0 Å². The van der Waals surface area contributed by atoms with Crippen molar-refractivity contribution in [2.45, 2.75) is 215 Å². The topological polar surface area (TPSA) is 574 Å². The molecule has 7 saturated heterocycles. The van der Waals surface area contributed by atoms with Crippen molar-refractivity contribution < 1.29 is 179 Å². The van der Waals surface area contributed by atoms with Gasteiger partial charge in [-0.1, -0.05) is 0 Å². The molecule has 462 valence electrons. The van der Waals surface area contributed by atoms with Crippen LogP contribution in [0.3, 0.4) is 0 Å². The van der Waals surface area contributed by atoms with E-state index in [1.807, 2.05) is 0 Å². The minimum Gasteiger partial charge on any atom is -0.394 e. The van der Waals surface area contributed by atoms with Crippen molar-refractivity contribution in [3.8, 4) is 0 Å². The van der Waals surface area contributed by atoms with Crippen LogP contribution in [0.5, 0.6) is 0 Å². The largest absolute Gasteiger partial charge is 0.394 e. The van der Waals surface area contributed by atoms with Crippen LogP contribution in [0.4, 0.5) is 0 Å². The van der Waals surface area contributed by atoms with Crippen LogP contribution in [0.25, 0.3) is 0 Å². The second kappa shape index (κ2) is 28.2. The Morgan fingerprint density at radius 3 is 0.747 bits per heavy atom. The van der Waals surface area contributed by atoms with Gasteiger partial charge < -0.3 is 179 Å². The number of hydrogen-bond acceptors (Lipinski definition) is 36. The van der Waals surface area contributed by atoms with Crippen molar-refractivity contribution >= 4 is 0 Å². The van der Waals surface area contributed by atoms with Gasteiger partial charge in [-0.3, -0.25) is 0 Å². The van der Waals surface area contributed by atoms with E-state index < -0.39 is 261 Å². The van der Waals surface area contributed by atoms with Gasteiger partial charge in [0.25, 0.3) is 0 Å². The second-order valence-electron chi connectivity index (χ2n) is 19.9. The monoisotopic (exact) mass is 1170 g/mol. The Morgan fingerprint density at radius 1 is 0.241 bits per heavy atom. The SMILES string of the molecule is CO[C@@H]1OC(CO)[C@@H](O)[C@H](O[C@H]2OC(CO[C@@H]3OC(CO)[C@@H](O)[C@H](O)C3O)[C@@H](O)[C@H](O[C@@H]3OC(CO)[C@@H](O)[C@H](O[C@H]4OC(CO[C@@H]5OC(CO)[C@@H](O)[C@H](O)C5O)[C@@H](O)[C@H](O[C@@H]5OC(CO)[C@@H](O)[C@H](O)C5O)C4O)C3O)C2O)C1O. The number of aliphatic hydroxyl groups excluding tert-OH is 22. The maximum atomic E-state index is 11.9. The summed E-state index contributed by atoms with van der Waals surface area (Å²) in [6.07, 6.45) is -68.8. The average molecular weight is 1170 g/mol. The first-order valence-electron chi connectivity index (χ1n) is 25.0. The zero-order valence-corrected chi connectivity index (χ0v) is 41.7. The number of aliphatic hydroxyl groups is 22. The van der Waals surface area contributed by atoms with Gasteiger partial charge in [-0.05, 0) is 0 Å². The molecule has 36 nitrogen and oxygen atoms in total. The summed E-state index contributed by atoms with van der Waals surface area (Å²) >= 11 is 0. The number of hydrogen-bond donors (Lipinski definition) is 22. The molecule has 35 atom stereocenters. The summed E-state index contributed by atoms with van der Waals surface area (Å²) in [5.74, 6) is 0. The van der Waals surface area contributed by atoms with Crippen LogP contribution >= 0.6 is 0 Å². The molecule has 0 saturated carbocycles. The van der Waals surface area contributed by atoms with Gasteiger partial charge in [0.05, 0.1) is 46.2 Å². The first-order valence-corrected chi connectivity index (χ1v) is 25.0. The molecule has 0 amide bonds. The Kier molecular flexibility index (Phi) is 23.2. The van der Waals surface area contributed by atoms with Gasteiger partial charge in [0.2, 0.25) is 0 Å². The van der Waals surface area contributed by atoms with E-state index in [-0.39, 0.29) is 0 Å². The van der Waals surface area contributed by atoms with Gasteiger partial charge >= 0.3 is 0 Å². The van der Waals surface area contributed by atoms with Gasteiger partial charge in [0.15, 0.2) is 44.0 Å². The van der Waals surface area contributed by atoms with E-state index in [1.54, 1.807) is 0 Å². The predicted molar refractivity (Wildman–Crippen MR) is 237 cm³/mol. The van der Waals surface area contributed by atoms with Crippen molar-refractivity contribution in [2.24, 2.45) is 0 Å². The van der Waals surface area contributed by atoms with Gasteiger partial charge in [0, 0.05) is 7.11 Å². The smallest absolute Gasteiger partial charge is 0.187 e. The summed E-state index contributed by atoms with van der Waals surface area (Å²) in [4.78, 5) is 0. The van der Waals surface area contributed by atoms with Gasteiger partial charge in [-0.25, -0.2) is 0 Å². The maximum Gasteiger partial charge on any atom is 0.187 e. The van der Waals surface area contributed by atoms with Crippen LogP contribution in [0.1, 0.15) is 0 Å². The fourth-order valence-electron chi connectivity index (χ4n) is 9.95. The van der Waals surface area contributed by atoms with Crippen molar-refractivity contribution in [1.82, 2.24) is 0 Å². The molecule has 7 aliphatic heterocycles. The summed E-state index contributed by atoms with van der Waals surface area (Å²) in [6.45, 7) is -6.53. The molecule has 7 aliphatic rings. The minimum atomic E-state index is -2.38. The van der Waals surface area contributed by atoms with Crippen molar-refractivity contribution in [3.05, 3.63) is 0 Å². The molecule has 22 N–H and O–H groups in total. The number of ether oxygens (including phenoxy) is 14. The predicted octanol–water partition coefficient (Wildman–Crippen LogP) is -15.6. The quantitative estimate of drug-likeness (QED) is 0.0538. The van der Waals surface area contributed by atoms with Gasteiger partial charge in [-0.2, -0.15) is 0 Å². The third-order valence-electron chi connectivity index (χ3n) is 14.7. The average Bonchev–Trinajstić information content (AvgIpc) is 3.46. The van der Waals surface area contributed by atoms with E-state index in [2.05, 4.69) is 0 Å². The summed E-state index contributed by atoms with van der Waals surface area (Å²) in [5, 5.41) is 236. The van der Waals surface area contributed by atoms with Crippen molar-refractivity contribution in [1.29, 1.82) is 0 Å². The maximum absolute atomic E-state index is 11.9. The zero-order chi connectivity index (χ0) is 58.1. The Hall–Kier alpha value is -1.44. The molecule has 14 unspecified atom stereocenters. The highest BCUT2D eigenvalue weighted by Gasteiger charge is 2.58. The highest BCUT2D eigenvalue weighted by Crippen LogP contribution is 2.37. The molecule has 0 bridgehead atoms. The summed E-state index contributed by atoms with van der Waals surface area (Å²) in [6, 6.07) is 0. The number of methoxy groups -OCH3 is 1. The molecular weight excluding hydrogens is 1090 g/mol. The van der Waals surface area contributed by atoms with Crippen molar-refractivity contribution in [2.75, 3.05) is 53.4 Å². The molecule has 7 rings (SSSR count). The lowest BCUT2D eigenvalue weighted by atomic mass is 9.95. The second-order valence-corrected chi connectivity index (χ2v) is 19.9. The molecule has 79 heavy (non-hydrogen) atoms. The molecule has 0 aliphatic carbocycles. The third kappa shape index (κ3) is 13.7.